The molecule has 9 heteroatoms. The molecule has 0 saturated heterocycles. The van der Waals surface area contributed by atoms with E-state index in [9.17, 15) is 9.59 Å². The van der Waals surface area contributed by atoms with E-state index in [1.807, 2.05) is 30.3 Å². The van der Waals surface area contributed by atoms with Crippen molar-refractivity contribution in [1.29, 1.82) is 0 Å². The van der Waals surface area contributed by atoms with Gasteiger partial charge in [-0.2, -0.15) is 0 Å². The van der Waals surface area contributed by atoms with E-state index in [0.717, 1.165) is 22.3 Å². The van der Waals surface area contributed by atoms with Crippen molar-refractivity contribution < 1.29 is 4.79 Å². The number of aromatic nitrogens is 4. The van der Waals surface area contributed by atoms with Gasteiger partial charge in [-0.1, -0.05) is 53.4 Å². The number of H-pyrrole nitrogens is 1. The van der Waals surface area contributed by atoms with E-state index in [-0.39, 0.29) is 17.2 Å². The van der Waals surface area contributed by atoms with Gasteiger partial charge in [-0.05, 0) is 6.92 Å². The fraction of sp³-hybridized carbons (Fsp3) is 0.133. The topological polar surface area (TPSA) is 101 Å². The van der Waals surface area contributed by atoms with Crippen LogP contribution < -0.4 is 10.9 Å². The molecule has 24 heavy (non-hydrogen) atoms. The van der Waals surface area contributed by atoms with Gasteiger partial charge in [-0.25, -0.2) is 4.98 Å². The molecule has 0 unspecified atom stereocenters. The SMILES string of the molecule is Cc1cc(=O)[nH]c(SCC(=O)Nc2nnc(-c3ccccc3)s2)n1. The average Bonchev–Trinajstić information content (AvgIpc) is 3.01. The largest absolute Gasteiger partial charge is 0.301 e. The standard InChI is InChI=1S/C15H13N5O2S2/c1-9-7-11(21)17-14(16-9)23-8-12(22)18-15-20-19-13(24-15)10-5-3-2-4-6-10/h2-7H,8H2,1H3,(H,16,17,21)(H,18,20,22). The number of aromatic amines is 1. The molecular weight excluding hydrogens is 346 g/mol. The van der Waals surface area contributed by atoms with Gasteiger partial charge in [0.05, 0.1) is 5.75 Å². The molecule has 0 atom stereocenters. The molecule has 0 bridgehead atoms. The summed E-state index contributed by atoms with van der Waals surface area (Å²) in [5.41, 5.74) is 1.33. The lowest BCUT2D eigenvalue weighted by Crippen LogP contribution is -2.15. The minimum Gasteiger partial charge on any atom is -0.301 e. The Kier molecular flexibility index (Phi) is 5.02. The molecule has 0 saturated carbocycles. The van der Waals surface area contributed by atoms with Gasteiger partial charge in [0.15, 0.2) is 5.16 Å². The molecule has 0 radical (unpaired) electrons. The predicted molar refractivity (Wildman–Crippen MR) is 94.3 cm³/mol. The van der Waals surface area contributed by atoms with E-state index >= 15 is 0 Å². The number of nitrogens with one attached hydrogen (secondary N) is 2. The van der Waals surface area contributed by atoms with Gasteiger partial charge >= 0.3 is 0 Å². The van der Waals surface area contributed by atoms with E-state index in [1.165, 1.54) is 17.4 Å². The predicted octanol–water partition coefficient (Wildman–Crippen LogP) is 2.33. The molecule has 7 nitrogen and oxygen atoms in total. The molecule has 3 rings (SSSR count). The molecule has 0 spiro atoms. The van der Waals surface area contributed by atoms with Crippen molar-refractivity contribution in [3.05, 3.63) is 52.4 Å². The van der Waals surface area contributed by atoms with E-state index in [4.69, 9.17) is 0 Å². The third-order valence-electron chi connectivity index (χ3n) is 2.88. The van der Waals surface area contributed by atoms with Crippen molar-refractivity contribution in [3.63, 3.8) is 0 Å². The van der Waals surface area contributed by atoms with Gasteiger partial charge in [0.25, 0.3) is 5.56 Å². The highest BCUT2D eigenvalue weighted by atomic mass is 32.2. The van der Waals surface area contributed by atoms with E-state index in [1.54, 1.807) is 6.92 Å². The first kappa shape index (κ1) is 16.3. The molecule has 0 aliphatic rings. The lowest BCUT2D eigenvalue weighted by molar-refractivity contribution is -0.113. The lowest BCUT2D eigenvalue weighted by atomic mass is 10.2. The molecule has 1 amide bonds. The third-order valence-corrected chi connectivity index (χ3v) is 4.64. The van der Waals surface area contributed by atoms with Crippen LogP contribution in [0.1, 0.15) is 5.69 Å². The Bertz CT molecular complexity index is 907. The van der Waals surface area contributed by atoms with Crippen LogP contribution in [0.2, 0.25) is 0 Å². The summed E-state index contributed by atoms with van der Waals surface area (Å²) < 4.78 is 0. The van der Waals surface area contributed by atoms with Crippen LogP contribution in [0.5, 0.6) is 0 Å². The minimum atomic E-state index is -0.236. The number of anilines is 1. The maximum atomic E-state index is 12.0. The molecular formula is C15H13N5O2S2. The number of nitrogens with zero attached hydrogens (tertiary/aromatic N) is 3. The number of aryl methyl sites for hydroxylation is 1. The second-order valence-electron chi connectivity index (χ2n) is 4.81. The van der Waals surface area contributed by atoms with E-state index in [2.05, 4.69) is 25.5 Å². The first-order valence-electron chi connectivity index (χ1n) is 7.00. The van der Waals surface area contributed by atoms with Crippen LogP contribution in [0.4, 0.5) is 5.13 Å². The zero-order valence-electron chi connectivity index (χ0n) is 12.6. The van der Waals surface area contributed by atoms with Gasteiger partial charge in [0.2, 0.25) is 11.0 Å². The highest BCUT2D eigenvalue weighted by Gasteiger charge is 2.10. The van der Waals surface area contributed by atoms with Crippen molar-refractivity contribution in [3.8, 4) is 10.6 Å². The van der Waals surface area contributed by atoms with Crippen LogP contribution in [0.15, 0.2) is 46.3 Å². The number of amides is 1. The Hall–Kier alpha value is -2.52. The molecule has 1 aromatic carbocycles. The summed E-state index contributed by atoms with van der Waals surface area (Å²) in [5, 5.41) is 12.3. The molecule has 2 N–H and O–H groups in total. The quantitative estimate of drug-likeness (QED) is 0.536. The van der Waals surface area contributed by atoms with Crippen molar-refractivity contribution in [2.45, 2.75) is 12.1 Å². The van der Waals surface area contributed by atoms with Gasteiger partial charge in [-0.15, -0.1) is 10.2 Å². The van der Waals surface area contributed by atoms with Crippen LogP contribution in [0.25, 0.3) is 10.6 Å². The van der Waals surface area contributed by atoms with Crippen LogP contribution in [-0.2, 0) is 4.79 Å². The van der Waals surface area contributed by atoms with Gasteiger partial charge in [-0.3, -0.25) is 14.9 Å². The number of rotatable bonds is 5. The Balaban J connectivity index is 1.59. The lowest BCUT2D eigenvalue weighted by Gasteiger charge is -2.01. The summed E-state index contributed by atoms with van der Waals surface area (Å²) in [6.07, 6.45) is 0. The number of carbonyl (C=O) groups is 1. The van der Waals surface area contributed by atoms with E-state index < -0.39 is 0 Å². The molecule has 0 aliphatic heterocycles. The van der Waals surface area contributed by atoms with Crippen LogP contribution in [-0.4, -0.2) is 31.8 Å². The van der Waals surface area contributed by atoms with Crippen LogP contribution >= 0.6 is 23.1 Å². The summed E-state index contributed by atoms with van der Waals surface area (Å²) in [6.45, 7) is 1.73. The second-order valence-corrected chi connectivity index (χ2v) is 6.75. The van der Waals surface area contributed by atoms with Crippen molar-refractivity contribution in [2.75, 3.05) is 11.1 Å². The molecule has 122 valence electrons. The molecule has 2 aromatic heterocycles. The number of thioether (sulfide) groups is 1. The molecule has 0 fully saturated rings. The summed E-state index contributed by atoms with van der Waals surface area (Å²) in [4.78, 5) is 30.1. The van der Waals surface area contributed by atoms with Crippen molar-refractivity contribution in [2.24, 2.45) is 0 Å². The highest BCUT2D eigenvalue weighted by Crippen LogP contribution is 2.26. The number of carbonyl (C=O) groups excluding carboxylic acids is 1. The Morgan fingerprint density at radius 1 is 1.29 bits per heavy atom. The second kappa shape index (κ2) is 7.37. The van der Waals surface area contributed by atoms with Crippen molar-refractivity contribution in [1.82, 2.24) is 20.2 Å². The Labute approximate surface area is 145 Å². The van der Waals surface area contributed by atoms with Gasteiger partial charge < -0.3 is 4.98 Å². The zero-order chi connectivity index (χ0) is 16.9. The summed E-state index contributed by atoms with van der Waals surface area (Å²) in [5.74, 6) is -0.118. The summed E-state index contributed by atoms with van der Waals surface area (Å²) in [6, 6.07) is 11.0. The number of hydrogen-bond acceptors (Lipinski definition) is 7. The maximum absolute atomic E-state index is 12.0. The average molecular weight is 359 g/mol. The Morgan fingerprint density at radius 2 is 2.08 bits per heavy atom. The molecule has 2 heterocycles. The van der Waals surface area contributed by atoms with E-state index in [0.29, 0.717) is 16.0 Å². The van der Waals surface area contributed by atoms with Crippen molar-refractivity contribution >= 4 is 34.1 Å². The van der Waals surface area contributed by atoms with Gasteiger partial charge in [0.1, 0.15) is 5.01 Å². The first-order chi connectivity index (χ1) is 11.6. The maximum Gasteiger partial charge on any atom is 0.251 e. The first-order valence-corrected chi connectivity index (χ1v) is 8.80. The number of hydrogen-bond donors (Lipinski definition) is 2. The monoisotopic (exact) mass is 359 g/mol. The fourth-order valence-electron chi connectivity index (χ4n) is 1.88. The smallest absolute Gasteiger partial charge is 0.251 e. The fourth-order valence-corrected chi connectivity index (χ4v) is 3.37. The van der Waals surface area contributed by atoms with Crippen LogP contribution in [0, 0.1) is 6.92 Å². The molecule has 3 aromatic rings. The minimum absolute atomic E-state index is 0.118. The van der Waals surface area contributed by atoms with Gasteiger partial charge in [0, 0.05) is 17.3 Å². The molecule has 0 aliphatic carbocycles. The summed E-state index contributed by atoms with van der Waals surface area (Å²) in [7, 11) is 0. The zero-order valence-corrected chi connectivity index (χ0v) is 14.3. The normalized spacial score (nSPS) is 10.5. The highest BCUT2D eigenvalue weighted by molar-refractivity contribution is 7.99. The van der Waals surface area contributed by atoms with Crippen LogP contribution in [0.3, 0.4) is 0 Å². The Morgan fingerprint density at radius 3 is 2.83 bits per heavy atom. The third kappa shape index (κ3) is 4.27. The number of benzene rings is 1. The summed E-state index contributed by atoms with van der Waals surface area (Å²) >= 11 is 2.46.